The summed E-state index contributed by atoms with van der Waals surface area (Å²) in [4.78, 5) is 12.6. The van der Waals surface area contributed by atoms with E-state index in [-0.39, 0.29) is 12.1 Å². The Balaban J connectivity index is 1.36. The summed E-state index contributed by atoms with van der Waals surface area (Å²) >= 11 is 0. The quantitative estimate of drug-likeness (QED) is 0.0932. The van der Waals surface area contributed by atoms with Gasteiger partial charge in [0.25, 0.3) is 0 Å². The Bertz CT molecular complexity index is 1070. The van der Waals surface area contributed by atoms with Gasteiger partial charge in [-0.1, -0.05) is 101 Å². The highest BCUT2D eigenvalue weighted by atomic mass is 16.5. The number of hydrogen-bond donors (Lipinski definition) is 0. The Labute approximate surface area is 235 Å². The van der Waals surface area contributed by atoms with Gasteiger partial charge in [-0.15, -0.1) is 0 Å². The van der Waals surface area contributed by atoms with Crippen LogP contribution in [0.3, 0.4) is 0 Å². The van der Waals surface area contributed by atoms with Gasteiger partial charge in [-0.3, -0.25) is 0 Å². The maximum absolute atomic E-state index is 12.6. The number of carbonyl (C=O) groups excluding carboxylic acids is 1. The first-order valence-corrected chi connectivity index (χ1v) is 14.9. The number of benzene rings is 3. The third-order valence-electron chi connectivity index (χ3n) is 7.05. The minimum absolute atomic E-state index is 0.0796. The van der Waals surface area contributed by atoms with E-state index in [1.165, 1.54) is 57.8 Å². The summed E-state index contributed by atoms with van der Waals surface area (Å²) in [5.41, 5.74) is 3.83. The maximum Gasteiger partial charge on any atom is 0.343 e. The fraction of sp³-hybridized carbons (Fsp3) is 0.457. The van der Waals surface area contributed by atoms with E-state index in [1.807, 2.05) is 43.3 Å². The second kappa shape index (κ2) is 17.5. The molecule has 4 nitrogen and oxygen atoms in total. The van der Waals surface area contributed by atoms with E-state index < -0.39 is 0 Å². The third-order valence-corrected chi connectivity index (χ3v) is 7.05. The van der Waals surface area contributed by atoms with E-state index in [2.05, 4.69) is 38.1 Å². The van der Waals surface area contributed by atoms with Gasteiger partial charge >= 0.3 is 5.97 Å². The molecule has 0 aliphatic rings. The van der Waals surface area contributed by atoms with Crippen molar-refractivity contribution < 1.29 is 19.0 Å². The molecule has 0 spiro atoms. The molecule has 4 heteroatoms. The molecule has 0 fully saturated rings. The molecule has 3 rings (SSSR count). The number of hydrogen-bond acceptors (Lipinski definition) is 4. The first kappa shape index (κ1) is 30.4. The average Bonchev–Trinajstić information content (AvgIpc) is 2.97. The Hall–Kier alpha value is -3.11. The van der Waals surface area contributed by atoms with Crippen molar-refractivity contribution in [3.05, 3.63) is 83.9 Å². The van der Waals surface area contributed by atoms with E-state index in [0.717, 1.165) is 28.9 Å². The molecule has 0 bridgehead atoms. The first-order chi connectivity index (χ1) is 19.1. The summed E-state index contributed by atoms with van der Waals surface area (Å²) in [5, 5.41) is 0. The Morgan fingerprint density at radius 1 is 0.641 bits per heavy atom. The van der Waals surface area contributed by atoms with Crippen LogP contribution in [0, 0.1) is 0 Å². The van der Waals surface area contributed by atoms with Crippen LogP contribution in [0.25, 0.3) is 11.1 Å². The van der Waals surface area contributed by atoms with Crippen LogP contribution < -0.4 is 9.47 Å². The molecule has 0 heterocycles. The SMILES string of the molecule is CCCCCCCCCCCCOc1ccc(C(=O)Oc2ccc(-c3ccc(C(C)OCC)cc3)cc2)cc1. The Morgan fingerprint density at radius 2 is 1.15 bits per heavy atom. The highest BCUT2D eigenvalue weighted by molar-refractivity contribution is 5.91. The zero-order valence-electron chi connectivity index (χ0n) is 24.1. The lowest BCUT2D eigenvalue weighted by Gasteiger charge is -2.12. The molecule has 0 radical (unpaired) electrons. The number of esters is 1. The molecule has 0 aromatic heterocycles. The van der Waals surface area contributed by atoms with Crippen molar-refractivity contribution in [3.8, 4) is 22.6 Å². The zero-order chi connectivity index (χ0) is 27.7. The van der Waals surface area contributed by atoms with Crippen LogP contribution in [0.15, 0.2) is 72.8 Å². The molecular formula is C35H46O4. The molecule has 0 N–H and O–H groups in total. The molecule has 0 aliphatic heterocycles. The smallest absolute Gasteiger partial charge is 0.343 e. The van der Waals surface area contributed by atoms with Crippen molar-refractivity contribution in [2.45, 2.75) is 91.1 Å². The summed E-state index contributed by atoms with van der Waals surface area (Å²) in [7, 11) is 0. The summed E-state index contributed by atoms with van der Waals surface area (Å²) in [6.07, 6.45) is 13.1. The number of ether oxygens (including phenoxy) is 3. The highest BCUT2D eigenvalue weighted by Crippen LogP contribution is 2.26. The Morgan fingerprint density at radius 3 is 1.72 bits per heavy atom. The first-order valence-electron chi connectivity index (χ1n) is 14.9. The van der Waals surface area contributed by atoms with E-state index in [0.29, 0.717) is 24.5 Å². The van der Waals surface area contributed by atoms with Crippen LogP contribution in [0.1, 0.15) is 107 Å². The summed E-state index contributed by atoms with van der Waals surface area (Å²) < 4.78 is 17.1. The van der Waals surface area contributed by atoms with Gasteiger partial charge in [0.1, 0.15) is 11.5 Å². The normalized spacial score (nSPS) is 11.8. The number of unbranched alkanes of at least 4 members (excludes halogenated alkanes) is 9. The molecule has 1 atom stereocenters. The van der Waals surface area contributed by atoms with Crippen molar-refractivity contribution in [1.82, 2.24) is 0 Å². The molecule has 39 heavy (non-hydrogen) atoms. The van der Waals surface area contributed by atoms with Crippen molar-refractivity contribution in [3.63, 3.8) is 0 Å². The molecule has 210 valence electrons. The Kier molecular flexibility index (Phi) is 13.6. The van der Waals surface area contributed by atoms with Gasteiger partial charge in [0.05, 0.1) is 18.3 Å². The van der Waals surface area contributed by atoms with Gasteiger partial charge in [0.2, 0.25) is 0 Å². The standard InChI is InChI=1S/C35H46O4/c1-4-6-7-8-9-10-11-12-13-14-27-38-33-23-21-32(22-24-33)35(36)39-34-25-19-31(20-26-34)30-17-15-29(16-18-30)28(3)37-5-2/h15-26,28H,4-14,27H2,1-3H3. The van der Waals surface area contributed by atoms with Crippen LogP contribution in [0.5, 0.6) is 11.5 Å². The van der Waals surface area contributed by atoms with Gasteiger partial charge in [0.15, 0.2) is 0 Å². The third kappa shape index (κ3) is 10.9. The van der Waals surface area contributed by atoms with E-state index in [9.17, 15) is 4.79 Å². The molecule has 0 saturated heterocycles. The molecule has 3 aromatic rings. The lowest BCUT2D eigenvalue weighted by molar-refractivity contribution is 0.0734. The van der Waals surface area contributed by atoms with Crippen molar-refractivity contribution in [1.29, 1.82) is 0 Å². The van der Waals surface area contributed by atoms with E-state index in [1.54, 1.807) is 12.1 Å². The van der Waals surface area contributed by atoms with Gasteiger partial charge in [-0.05, 0) is 73.4 Å². The molecular weight excluding hydrogens is 484 g/mol. The second-order valence-electron chi connectivity index (χ2n) is 10.2. The van der Waals surface area contributed by atoms with E-state index in [4.69, 9.17) is 14.2 Å². The largest absolute Gasteiger partial charge is 0.494 e. The van der Waals surface area contributed by atoms with Crippen LogP contribution >= 0.6 is 0 Å². The minimum atomic E-state index is -0.377. The average molecular weight is 531 g/mol. The van der Waals surface area contributed by atoms with Crippen LogP contribution in [-0.2, 0) is 4.74 Å². The molecule has 0 saturated carbocycles. The maximum atomic E-state index is 12.6. The van der Waals surface area contributed by atoms with Gasteiger partial charge in [-0.2, -0.15) is 0 Å². The predicted octanol–water partition coefficient (Wildman–Crippen LogP) is 9.97. The lowest BCUT2D eigenvalue weighted by atomic mass is 10.0. The van der Waals surface area contributed by atoms with Crippen molar-refractivity contribution in [2.24, 2.45) is 0 Å². The minimum Gasteiger partial charge on any atom is -0.494 e. The summed E-state index contributed by atoms with van der Waals surface area (Å²) in [6.45, 7) is 7.73. The molecule has 1 unspecified atom stereocenters. The second-order valence-corrected chi connectivity index (χ2v) is 10.2. The lowest BCUT2D eigenvalue weighted by Crippen LogP contribution is -2.08. The van der Waals surface area contributed by atoms with Crippen LogP contribution in [0.2, 0.25) is 0 Å². The molecule has 0 aliphatic carbocycles. The van der Waals surface area contributed by atoms with Crippen LogP contribution in [0.4, 0.5) is 0 Å². The number of rotatable bonds is 18. The summed E-state index contributed by atoms with van der Waals surface area (Å²) in [6, 6.07) is 23.1. The molecule has 0 amide bonds. The van der Waals surface area contributed by atoms with Gasteiger partial charge in [0, 0.05) is 6.61 Å². The molecule has 3 aromatic carbocycles. The number of carbonyl (C=O) groups is 1. The van der Waals surface area contributed by atoms with Crippen molar-refractivity contribution in [2.75, 3.05) is 13.2 Å². The van der Waals surface area contributed by atoms with Gasteiger partial charge in [-0.25, -0.2) is 4.79 Å². The van der Waals surface area contributed by atoms with Crippen molar-refractivity contribution >= 4 is 5.97 Å². The zero-order valence-corrected chi connectivity index (χ0v) is 24.1. The monoisotopic (exact) mass is 530 g/mol. The predicted molar refractivity (Wildman–Crippen MR) is 161 cm³/mol. The fourth-order valence-electron chi connectivity index (χ4n) is 4.64. The van der Waals surface area contributed by atoms with E-state index >= 15 is 0 Å². The fourth-order valence-corrected chi connectivity index (χ4v) is 4.64. The van der Waals surface area contributed by atoms with Gasteiger partial charge < -0.3 is 14.2 Å². The topological polar surface area (TPSA) is 44.8 Å². The summed E-state index contributed by atoms with van der Waals surface area (Å²) in [5.74, 6) is 0.929. The van der Waals surface area contributed by atoms with Crippen LogP contribution in [-0.4, -0.2) is 19.2 Å². The highest BCUT2D eigenvalue weighted by Gasteiger charge is 2.10.